The van der Waals surface area contributed by atoms with Crippen LogP contribution in [0.1, 0.15) is 6.42 Å². The first kappa shape index (κ1) is 4.50. The van der Waals surface area contributed by atoms with Crippen molar-refractivity contribution < 1.29 is 0 Å². The van der Waals surface area contributed by atoms with Crippen LogP contribution in [-0.4, -0.2) is 25.5 Å². The number of hydrogen-bond acceptors (Lipinski definition) is 2. The molecule has 0 saturated carbocycles. The zero-order chi connectivity index (χ0) is 4.95. The van der Waals surface area contributed by atoms with E-state index in [0.29, 0.717) is 0 Å². The van der Waals surface area contributed by atoms with Crippen molar-refractivity contribution in [2.24, 2.45) is 9.98 Å². The van der Waals surface area contributed by atoms with Crippen molar-refractivity contribution in [2.75, 3.05) is 13.1 Å². The number of nitrogens with zero attached hydrogens (tertiary/aromatic N) is 2. The second kappa shape index (κ2) is 2.50. The summed E-state index contributed by atoms with van der Waals surface area (Å²) in [6, 6.07) is 0. The summed E-state index contributed by atoms with van der Waals surface area (Å²) in [4.78, 5) is 8.02. The van der Waals surface area contributed by atoms with Gasteiger partial charge in [-0.1, -0.05) is 0 Å². The second-order valence-electron chi connectivity index (χ2n) is 1.43. The molecule has 7 heavy (non-hydrogen) atoms. The van der Waals surface area contributed by atoms with Crippen LogP contribution in [0.15, 0.2) is 9.98 Å². The lowest BCUT2D eigenvalue weighted by molar-refractivity contribution is 1.07. The van der Waals surface area contributed by atoms with Crippen molar-refractivity contribution in [2.45, 2.75) is 6.42 Å². The predicted molar refractivity (Wildman–Crippen MR) is 31.3 cm³/mol. The molecule has 38 valence electrons. The van der Waals surface area contributed by atoms with E-state index in [9.17, 15) is 0 Å². The molecule has 0 saturated heterocycles. The molecule has 0 amide bonds. The first-order valence-corrected chi connectivity index (χ1v) is 2.47. The molecule has 1 rings (SSSR count). The molecule has 0 aromatic carbocycles. The standard InChI is InChI=1S/C5H8N2/c1-2-6-4-5-7-3-1/h2,5H,1,3-4H2. The Hall–Kier alpha value is -0.660. The molecule has 0 aromatic heterocycles. The fraction of sp³-hybridized carbons (Fsp3) is 0.600. The maximum absolute atomic E-state index is 4.02. The first-order valence-electron chi connectivity index (χ1n) is 2.47. The minimum absolute atomic E-state index is 0.778. The molecule has 2 nitrogen and oxygen atoms in total. The van der Waals surface area contributed by atoms with E-state index < -0.39 is 0 Å². The highest BCUT2D eigenvalue weighted by Crippen LogP contribution is 1.80. The Morgan fingerprint density at radius 2 is 2.14 bits per heavy atom. The van der Waals surface area contributed by atoms with Gasteiger partial charge in [-0.2, -0.15) is 0 Å². The Labute approximate surface area is 43.0 Å². The number of hydrogen-bond donors (Lipinski definition) is 0. The quantitative estimate of drug-likeness (QED) is 0.420. The van der Waals surface area contributed by atoms with E-state index in [1.807, 2.05) is 12.4 Å². The SMILES string of the molecule is C1=NCC=NCC1. The van der Waals surface area contributed by atoms with Crippen LogP contribution in [0, 0.1) is 0 Å². The van der Waals surface area contributed by atoms with E-state index in [1.165, 1.54) is 0 Å². The lowest BCUT2D eigenvalue weighted by Gasteiger charge is -1.76. The molecular formula is C5H8N2. The summed E-state index contributed by atoms with van der Waals surface area (Å²) in [6.45, 7) is 1.70. The third-order valence-corrected chi connectivity index (χ3v) is 0.833. The summed E-state index contributed by atoms with van der Waals surface area (Å²) in [5.74, 6) is 0. The number of aliphatic imine (C=N–C) groups is 2. The van der Waals surface area contributed by atoms with Crippen molar-refractivity contribution in [3.8, 4) is 0 Å². The molecule has 1 aliphatic rings. The van der Waals surface area contributed by atoms with Crippen molar-refractivity contribution in [3.05, 3.63) is 0 Å². The highest BCUT2D eigenvalue weighted by molar-refractivity contribution is 5.67. The zero-order valence-electron chi connectivity index (χ0n) is 4.17. The molecule has 0 bridgehead atoms. The number of rotatable bonds is 0. The van der Waals surface area contributed by atoms with Crippen LogP contribution in [0.5, 0.6) is 0 Å². The van der Waals surface area contributed by atoms with E-state index in [4.69, 9.17) is 0 Å². The predicted octanol–water partition coefficient (Wildman–Crippen LogP) is 0.532. The summed E-state index contributed by atoms with van der Waals surface area (Å²) in [5, 5.41) is 0. The van der Waals surface area contributed by atoms with Crippen LogP contribution in [0.25, 0.3) is 0 Å². The maximum Gasteiger partial charge on any atom is 0.0733 e. The Morgan fingerprint density at radius 3 is 3.14 bits per heavy atom. The van der Waals surface area contributed by atoms with Gasteiger partial charge in [0.2, 0.25) is 0 Å². The molecular weight excluding hydrogens is 88.1 g/mol. The Morgan fingerprint density at radius 1 is 1.14 bits per heavy atom. The van der Waals surface area contributed by atoms with Crippen LogP contribution >= 0.6 is 0 Å². The third-order valence-electron chi connectivity index (χ3n) is 0.833. The lowest BCUT2D eigenvalue weighted by Crippen LogP contribution is -1.76. The molecule has 0 unspecified atom stereocenters. The average molecular weight is 96.1 g/mol. The molecule has 2 heteroatoms. The Bertz CT molecular complexity index is 82.3. The van der Waals surface area contributed by atoms with Crippen molar-refractivity contribution >= 4 is 12.4 Å². The molecule has 0 spiro atoms. The molecule has 0 radical (unpaired) electrons. The van der Waals surface area contributed by atoms with E-state index in [-0.39, 0.29) is 0 Å². The summed E-state index contributed by atoms with van der Waals surface area (Å²) < 4.78 is 0. The fourth-order valence-corrected chi connectivity index (χ4v) is 0.494. The van der Waals surface area contributed by atoms with Gasteiger partial charge in [0.15, 0.2) is 0 Å². The zero-order valence-corrected chi connectivity index (χ0v) is 4.17. The van der Waals surface area contributed by atoms with Gasteiger partial charge in [0.05, 0.1) is 6.54 Å². The Kier molecular flexibility index (Phi) is 1.61. The van der Waals surface area contributed by atoms with Crippen LogP contribution < -0.4 is 0 Å². The van der Waals surface area contributed by atoms with Gasteiger partial charge in [0.25, 0.3) is 0 Å². The molecule has 0 fully saturated rings. The minimum Gasteiger partial charge on any atom is -0.295 e. The van der Waals surface area contributed by atoms with Crippen molar-refractivity contribution in [3.63, 3.8) is 0 Å². The van der Waals surface area contributed by atoms with Gasteiger partial charge < -0.3 is 0 Å². The lowest BCUT2D eigenvalue weighted by atomic mass is 10.5. The van der Waals surface area contributed by atoms with Gasteiger partial charge >= 0.3 is 0 Å². The van der Waals surface area contributed by atoms with Crippen LogP contribution in [0.4, 0.5) is 0 Å². The van der Waals surface area contributed by atoms with Crippen LogP contribution in [0.2, 0.25) is 0 Å². The molecule has 1 heterocycles. The smallest absolute Gasteiger partial charge is 0.0733 e. The van der Waals surface area contributed by atoms with E-state index in [1.54, 1.807) is 0 Å². The minimum atomic E-state index is 0.778. The summed E-state index contributed by atoms with van der Waals surface area (Å²) in [7, 11) is 0. The maximum atomic E-state index is 4.02. The molecule has 0 atom stereocenters. The van der Waals surface area contributed by atoms with Crippen molar-refractivity contribution in [1.29, 1.82) is 0 Å². The van der Waals surface area contributed by atoms with Gasteiger partial charge in [-0.25, -0.2) is 0 Å². The summed E-state index contributed by atoms with van der Waals surface area (Å²) in [5.41, 5.74) is 0. The van der Waals surface area contributed by atoms with Crippen LogP contribution in [0.3, 0.4) is 0 Å². The Balaban J connectivity index is 2.38. The van der Waals surface area contributed by atoms with Crippen molar-refractivity contribution in [1.82, 2.24) is 0 Å². The van der Waals surface area contributed by atoms with Gasteiger partial charge in [-0.05, 0) is 0 Å². The highest BCUT2D eigenvalue weighted by Gasteiger charge is 1.80. The van der Waals surface area contributed by atoms with E-state index >= 15 is 0 Å². The van der Waals surface area contributed by atoms with E-state index in [0.717, 1.165) is 19.5 Å². The third kappa shape index (κ3) is 1.48. The average Bonchev–Trinajstić information content (AvgIpc) is 1.90. The highest BCUT2D eigenvalue weighted by atomic mass is 14.8. The van der Waals surface area contributed by atoms with Gasteiger partial charge in [0, 0.05) is 25.4 Å². The summed E-state index contributed by atoms with van der Waals surface area (Å²) >= 11 is 0. The topological polar surface area (TPSA) is 24.7 Å². The molecule has 0 aliphatic carbocycles. The van der Waals surface area contributed by atoms with Gasteiger partial charge in [-0.3, -0.25) is 9.98 Å². The summed E-state index contributed by atoms with van der Waals surface area (Å²) in [6.07, 6.45) is 4.78. The monoisotopic (exact) mass is 96.1 g/mol. The fourth-order valence-electron chi connectivity index (χ4n) is 0.494. The van der Waals surface area contributed by atoms with Gasteiger partial charge in [-0.15, -0.1) is 0 Å². The normalized spacial score (nSPS) is 19.4. The molecule has 1 aliphatic heterocycles. The van der Waals surface area contributed by atoms with E-state index in [2.05, 4.69) is 9.98 Å². The van der Waals surface area contributed by atoms with Gasteiger partial charge in [0.1, 0.15) is 0 Å². The first-order chi connectivity index (χ1) is 3.50. The molecule has 0 N–H and O–H groups in total. The van der Waals surface area contributed by atoms with Crippen LogP contribution in [-0.2, 0) is 0 Å². The molecule has 0 aromatic rings. The second-order valence-corrected chi connectivity index (χ2v) is 1.43. The largest absolute Gasteiger partial charge is 0.295 e.